The lowest BCUT2D eigenvalue weighted by atomic mass is 10.1. The number of pyridine rings is 1. The number of piperidine rings is 1. The van der Waals surface area contributed by atoms with Gasteiger partial charge in [0.1, 0.15) is 23.8 Å². The molecule has 0 bridgehead atoms. The largest absolute Gasteiger partial charge is 0.495 e. The number of methoxy groups -OCH3 is 1. The van der Waals surface area contributed by atoms with Crippen LogP contribution in [0.2, 0.25) is 5.02 Å². The van der Waals surface area contributed by atoms with Gasteiger partial charge in [0.2, 0.25) is 5.91 Å². The minimum Gasteiger partial charge on any atom is -0.495 e. The molecule has 1 aliphatic heterocycles. The van der Waals surface area contributed by atoms with E-state index >= 15 is 0 Å². The molecule has 0 radical (unpaired) electrons. The standard InChI is InChI=1S/C25H24ClFN4O5/c1-13(32)18-11-30(24-17(18)8-16(35-2)10-28-24)12-21(33)31-20-6-15(20)7-22(31)36-25(34)29-9-14-4-3-5-19(26)23(14)27/h3-5,8,10-11,15,20,22H,6-7,9,12H2,1-2H3,(H,29,34)/t15-,20-,22+/m1/s1. The Morgan fingerprint density at radius 3 is 2.83 bits per heavy atom. The van der Waals surface area contributed by atoms with Gasteiger partial charge in [0.05, 0.1) is 18.3 Å². The van der Waals surface area contributed by atoms with Gasteiger partial charge in [-0.1, -0.05) is 23.7 Å². The third kappa shape index (κ3) is 4.48. The van der Waals surface area contributed by atoms with Crippen molar-refractivity contribution in [2.24, 2.45) is 5.92 Å². The van der Waals surface area contributed by atoms with E-state index in [1.807, 2.05) is 0 Å². The van der Waals surface area contributed by atoms with Crippen LogP contribution in [0.3, 0.4) is 0 Å². The van der Waals surface area contributed by atoms with Gasteiger partial charge in [-0.3, -0.25) is 9.59 Å². The second-order valence-corrected chi connectivity index (χ2v) is 9.41. The topological polar surface area (TPSA) is 103 Å². The number of alkyl carbamates (subject to hydrolysis) is 1. The number of ether oxygens (including phenoxy) is 2. The van der Waals surface area contributed by atoms with Gasteiger partial charge in [-0.2, -0.15) is 0 Å². The summed E-state index contributed by atoms with van der Waals surface area (Å²) in [4.78, 5) is 43.9. The van der Waals surface area contributed by atoms with Crippen LogP contribution >= 0.6 is 11.6 Å². The van der Waals surface area contributed by atoms with E-state index in [0.29, 0.717) is 28.8 Å². The van der Waals surface area contributed by atoms with Gasteiger partial charge >= 0.3 is 6.09 Å². The fraction of sp³-hybridized carbons (Fsp3) is 0.360. The Hall–Kier alpha value is -3.66. The van der Waals surface area contributed by atoms with Gasteiger partial charge in [0, 0.05) is 41.7 Å². The summed E-state index contributed by atoms with van der Waals surface area (Å²) < 4.78 is 26.5. The number of rotatable bonds is 7. The van der Waals surface area contributed by atoms with Crippen LogP contribution in [0, 0.1) is 11.7 Å². The summed E-state index contributed by atoms with van der Waals surface area (Å²) in [5.41, 5.74) is 1.15. The summed E-state index contributed by atoms with van der Waals surface area (Å²) in [5, 5.41) is 3.09. The van der Waals surface area contributed by atoms with Crippen molar-refractivity contribution in [3.63, 3.8) is 0 Å². The van der Waals surface area contributed by atoms with E-state index in [1.54, 1.807) is 27.8 Å². The Labute approximate surface area is 211 Å². The first-order chi connectivity index (χ1) is 17.3. The van der Waals surface area contributed by atoms with Crippen LogP contribution in [-0.4, -0.2) is 51.6 Å². The van der Waals surface area contributed by atoms with Gasteiger partial charge in [0.15, 0.2) is 12.0 Å². The molecule has 5 rings (SSSR count). The second-order valence-electron chi connectivity index (χ2n) is 9.00. The number of hydrogen-bond donors (Lipinski definition) is 1. The Bertz CT molecular complexity index is 1380. The highest BCUT2D eigenvalue weighted by Crippen LogP contribution is 2.48. The highest BCUT2D eigenvalue weighted by molar-refractivity contribution is 6.30. The first kappa shape index (κ1) is 24.1. The zero-order valence-electron chi connectivity index (χ0n) is 19.7. The number of ketones is 1. The Morgan fingerprint density at radius 1 is 1.28 bits per heavy atom. The number of fused-ring (bicyclic) bond motifs is 2. The number of aromatic nitrogens is 2. The average molecular weight is 515 g/mol. The smallest absolute Gasteiger partial charge is 0.409 e. The maximum Gasteiger partial charge on any atom is 0.409 e. The summed E-state index contributed by atoms with van der Waals surface area (Å²) in [7, 11) is 1.51. The van der Waals surface area contributed by atoms with E-state index in [9.17, 15) is 18.8 Å². The van der Waals surface area contributed by atoms with Crippen molar-refractivity contribution in [2.45, 2.75) is 45.1 Å². The molecule has 2 amide bonds. The third-order valence-electron chi connectivity index (χ3n) is 6.65. The van der Waals surface area contributed by atoms with Gasteiger partial charge in [-0.15, -0.1) is 0 Å². The van der Waals surface area contributed by atoms with E-state index in [1.165, 1.54) is 32.4 Å². The van der Waals surface area contributed by atoms with Crippen molar-refractivity contribution in [3.05, 3.63) is 58.6 Å². The van der Waals surface area contributed by atoms with Crippen LogP contribution < -0.4 is 10.1 Å². The Kier molecular flexibility index (Phi) is 6.29. The van der Waals surface area contributed by atoms with Crippen molar-refractivity contribution in [1.82, 2.24) is 19.8 Å². The molecule has 1 N–H and O–H groups in total. The van der Waals surface area contributed by atoms with E-state index in [4.69, 9.17) is 21.1 Å². The molecule has 11 heteroatoms. The predicted octanol–water partition coefficient (Wildman–Crippen LogP) is 3.91. The van der Waals surface area contributed by atoms with Gasteiger partial charge in [-0.25, -0.2) is 14.2 Å². The van der Waals surface area contributed by atoms with Crippen LogP contribution in [0.15, 0.2) is 36.7 Å². The van der Waals surface area contributed by atoms with Crippen LogP contribution in [0.1, 0.15) is 35.7 Å². The van der Waals surface area contributed by atoms with E-state index in [0.717, 1.165) is 6.42 Å². The summed E-state index contributed by atoms with van der Waals surface area (Å²) in [6.45, 7) is 1.28. The van der Waals surface area contributed by atoms with E-state index in [-0.39, 0.29) is 47.3 Å². The average Bonchev–Trinajstić information content (AvgIpc) is 3.36. The minimum atomic E-state index is -0.752. The van der Waals surface area contributed by atoms with E-state index < -0.39 is 18.1 Å². The lowest BCUT2D eigenvalue weighted by Gasteiger charge is -2.27. The monoisotopic (exact) mass is 514 g/mol. The molecular formula is C25H24ClFN4O5. The zero-order valence-corrected chi connectivity index (χ0v) is 20.4. The number of hydrogen-bond acceptors (Lipinski definition) is 6. The summed E-state index contributed by atoms with van der Waals surface area (Å²) >= 11 is 5.78. The van der Waals surface area contributed by atoms with Crippen LogP contribution in [0.25, 0.3) is 11.0 Å². The SMILES string of the molecule is COc1cnc2c(c1)c(C(C)=O)cn2CC(=O)N1[C@@H](OC(=O)NCc2cccc(Cl)c2F)C[C@H]2C[C@H]21. The fourth-order valence-electron chi connectivity index (χ4n) is 4.77. The first-order valence-corrected chi connectivity index (χ1v) is 11.9. The van der Waals surface area contributed by atoms with Crippen LogP contribution in [0.5, 0.6) is 5.75 Å². The quantitative estimate of drug-likeness (QED) is 0.479. The van der Waals surface area contributed by atoms with Crippen molar-refractivity contribution in [1.29, 1.82) is 0 Å². The molecule has 1 aromatic carbocycles. The lowest BCUT2D eigenvalue weighted by molar-refractivity contribution is -0.140. The highest BCUT2D eigenvalue weighted by Gasteiger charge is 2.55. The lowest BCUT2D eigenvalue weighted by Crippen LogP contribution is -2.44. The molecule has 3 heterocycles. The molecule has 2 aliphatic rings. The number of Topliss-reactive ketones (excluding diaryl/α,β-unsaturated/α-hetero) is 1. The number of amides is 2. The molecule has 188 valence electrons. The minimum absolute atomic E-state index is 0.00262. The molecule has 2 fully saturated rings. The zero-order chi connectivity index (χ0) is 25.6. The van der Waals surface area contributed by atoms with Crippen molar-refractivity contribution >= 4 is 40.4 Å². The summed E-state index contributed by atoms with van der Waals surface area (Å²) in [5.74, 6) is -0.226. The number of benzene rings is 1. The van der Waals surface area contributed by atoms with E-state index in [2.05, 4.69) is 10.3 Å². The molecule has 36 heavy (non-hydrogen) atoms. The molecule has 0 spiro atoms. The molecule has 9 nitrogen and oxygen atoms in total. The number of carbonyl (C=O) groups is 3. The number of likely N-dealkylation sites (tertiary alicyclic amines) is 1. The van der Waals surface area contributed by atoms with Gasteiger partial charge < -0.3 is 24.3 Å². The molecule has 1 saturated heterocycles. The molecular weight excluding hydrogens is 491 g/mol. The molecule has 3 aromatic rings. The highest BCUT2D eigenvalue weighted by atomic mass is 35.5. The number of nitrogens with zero attached hydrogens (tertiary/aromatic N) is 3. The normalized spacial score (nSPS) is 20.2. The van der Waals surface area contributed by atoms with Crippen molar-refractivity contribution in [3.8, 4) is 5.75 Å². The molecule has 0 unspecified atom stereocenters. The van der Waals surface area contributed by atoms with Crippen LogP contribution in [-0.2, 0) is 22.6 Å². The second kappa shape index (κ2) is 9.42. The molecule has 1 aliphatic carbocycles. The summed E-state index contributed by atoms with van der Waals surface area (Å²) in [6.07, 6.45) is 3.04. The maximum absolute atomic E-state index is 14.1. The molecule has 1 saturated carbocycles. The maximum atomic E-state index is 14.1. The van der Waals surface area contributed by atoms with Gasteiger partial charge in [-0.05, 0) is 31.4 Å². The fourth-order valence-corrected chi connectivity index (χ4v) is 4.97. The predicted molar refractivity (Wildman–Crippen MR) is 128 cm³/mol. The Balaban J connectivity index is 1.29. The Morgan fingerprint density at radius 2 is 2.08 bits per heavy atom. The third-order valence-corrected chi connectivity index (χ3v) is 6.94. The number of halogens is 2. The summed E-state index contributed by atoms with van der Waals surface area (Å²) in [6, 6.07) is 6.25. The number of carbonyl (C=O) groups excluding carboxylic acids is 3. The van der Waals surface area contributed by atoms with Crippen molar-refractivity contribution < 1.29 is 28.2 Å². The number of nitrogens with one attached hydrogen (secondary N) is 1. The molecule has 2 aromatic heterocycles. The van der Waals surface area contributed by atoms with Crippen molar-refractivity contribution in [2.75, 3.05) is 7.11 Å². The molecule has 3 atom stereocenters. The van der Waals surface area contributed by atoms with Crippen LogP contribution in [0.4, 0.5) is 9.18 Å². The first-order valence-electron chi connectivity index (χ1n) is 11.5. The van der Waals surface area contributed by atoms with Gasteiger partial charge in [0.25, 0.3) is 0 Å².